The molecule has 1 heterocycles. The van der Waals surface area contributed by atoms with Crippen molar-refractivity contribution in [3.63, 3.8) is 0 Å². The normalized spacial score (nSPS) is 16.1. The molecule has 2 aromatic carbocycles. The van der Waals surface area contributed by atoms with Gasteiger partial charge in [-0.15, -0.1) is 0 Å². The van der Waals surface area contributed by atoms with Gasteiger partial charge in [0.05, 0.1) is 12.5 Å². The van der Waals surface area contributed by atoms with Crippen molar-refractivity contribution in [3.8, 4) is 0 Å². The van der Waals surface area contributed by atoms with Gasteiger partial charge in [0.1, 0.15) is 0 Å². The van der Waals surface area contributed by atoms with Gasteiger partial charge in [-0.25, -0.2) is 0 Å². The fourth-order valence-corrected chi connectivity index (χ4v) is 3.73. The summed E-state index contributed by atoms with van der Waals surface area (Å²) >= 11 is 0. The average Bonchev–Trinajstić information content (AvgIpc) is 2.61. The van der Waals surface area contributed by atoms with Crippen molar-refractivity contribution < 1.29 is 9.59 Å². The van der Waals surface area contributed by atoms with Gasteiger partial charge >= 0.3 is 0 Å². The van der Waals surface area contributed by atoms with Crippen LogP contribution in [-0.2, 0) is 22.6 Å². The van der Waals surface area contributed by atoms with Crippen LogP contribution in [0.4, 0.5) is 0 Å². The van der Waals surface area contributed by atoms with Gasteiger partial charge in [0, 0.05) is 20.0 Å². The summed E-state index contributed by atoms with van der Waals surface area (Å²) in [4.78, 5) is 26.5. The minimum absolute atomic E-state index is 0.0201. The smallest absolute Gasteiger partial charge is 0.222 e. The molecule has 4 nitrogen and oxygen atoms in total. The van der Waals surface area contributed by atoms with Crippen LogP contribution in [0.5, 0.6) is 0 Å². The molecule has 1 N–H and O–H groups in total. The summed E-state index contributed by atoms with van der Waals surface area (Å²) in [6.07, 6.45) is 1.14. The number of amides is 2. The van der Waals surface area contributed by atoms with Crippen LogP contribution in [0.15, 0.2) is 42.5 Å². The molecule has 1 aliphatic heterocycles. The maximum atomic E-state index is 12.6. The van der Waals surface area contributed by atoms with Gasteiger partial charge in [0.2, 0.25) is 11.8 Å². The highest BCUT2D eigenvalue weighted by molar-refractivity contribution is 5.79. The molecule has 1 aliphatic rings. The molecular weight excluding hydrogens is 324 g/mol. The Hall–Kier alpha value is -2.62. The van der Waals surface area contributed by atoms with Gasteiger partial charge in [-0.1, -0.05) is 48.0 Å². The fraction of sp³-hybridized carbons (Fsp3) is 0.364. The van der Waals surface area contributed by atoms with Gasteiger partial charge in [-0.05, 0) is 42.5 Å². The van der Waals surface area contributed by atoms with Crippen LogP contribution in [0.2, 0.25) is 0 Å². The zero-order valence-electron chi connectivity index (χ0n) is 15.7. The number of nitrogens with zero attached hydrogens (tertiary/aromatic N) is 1. The monoisotopic (exact) mass is 350 g/mol. The molecule has 0 saturated heterocycles. The highest BCUT2D eigenvalue weighted by atomic mass is 16.2. The third-order valence-corrected chi connectivity index (χ3v) is 5.17. The van der Waals surface area contributed by atoms with Crippen molar-refractivity contribution in [1.29, 1.82) is 0 Å². The van der Waals surface area contributed by atoms with Crippen molar-refractivity contribution in [2.75, 3.05) is 6.54 Å². The first kappa shape index (κ1) is 18.2. The molecule has 0 radical (unpaired) electrons. The van der Waals surface area contributed by atoms with Crippen molar-refractivity contribution >= 4 is 11.8 Å². The third-order valence-electron chi connectivity index (χ3n) is 5.17. The van der Waals surface area contributed by atoms with Crippen molar-refractivity contribution in [3.05, 3.63) is 70.3 Å². The maximum absolute atomic E-state index is 12.6. The first-order valence-corrected chi connectivity index (χ1v) is 9.13. The van der Waals surface area contributed by atoms with E-state index in [0.717, 1.165) is 17.5 Å². The first-order chi connectivity index (χ1) is 12.5. The van der Waals surface area contributed by atoms with Crippen LogP contribution < -0.4 is 5.32 Å². The molecule has 0 aliphatic carbocycles. The average molecular weight is 350 g/mol. The van der Waals surface area contributed by atoms with Crippen molar-refractivity contribution in [2.45, 2.75) is 46.2 Å². The molecule has 0 saturated carbocycles. The Kier molecular flexibility index (Phi) is 5.40. The molecule has 4 heteroatoms. The predicted octanol–water partition coefficient (Wildman–Crippen LogP) is 3.46. The van der Waals surface area contributed by atoms with Gasteiger partial charge < -0.3 is 10.2 Å². The number of benzene rings is 2. The Balaban J connectivity index is 1.71. The van der Waals surface area contributed by atoms with E-state index in [2.05, 4.69) is 43.4 Å². The van der Waals surface area contributed by atoms with Crippen LogP contribution in [0.3, 0.4) is 0 Å². The van der Waals surface area contributed by atoms with E-state index in [-0.39, 0.29) is 17.9 Å². The summed E-state index contributed by atoms with van der Waals surface area (Å²) in [7, 11) is 0. The minimum Gasteiger partial charge on any atom is -0.352 e. The standard InChI is InChI=1S/C22H26N2O2/c1-15-8-9-19(16(2)12-15)14-23-22(26)13-21-20-7-5-4-6-18(20)10-11-24(21)17(3)25/h4-9,12,21H,10-11,13-14H2,1-3H3,(H,23,26). The summed E-state index contributed by atoms with van der Waals surface area (Å²) in [5.41, 5.74) is 5.84. The number of hydrogen-bond donors (Lipinski definition) is 1. The lowest BCUT2D eigenvalue weighted by Crippen LogP contribution is -2.41. The van der Waals surface area contributed by atoms with Crippen molar-refractivity contribution in [2.24, 2.45) is 0 Å². The number of rotatable bonds is 4. The maximum Gasteiger partial charge on any atom is 0.222 e. The Bertz CT molecular complexity index is 829. The summed E-state index contributed by atoms with van der Waals surface area (Å²) in [6.45, 7) is 6.88. The van der Waals surface area contributed by atoms with E-state index in [1.54, 1.807) is 6.92 Å². The molecule has 1 atom stereocenters. The first-order valence-electron chi connectivity index (χ1n) is 9.13. The fourth-order valence-electron chi connectivity index (χ4n) is 3.73. The van der Waals surface area contributed by atoms with E-state index >= 15 is 0 Å². The van der Waals surface area contributed by atoms with Crippen LogP contribution in [0.1, 0.15) is 47.2 Å². The van der Waals surface area contributed by atoms with E-state index in [4.69, 9.17) is 0 Å². The Morgan fingerprint density at radius 1 is 1.15 bits per heavy atom. The van der Waals surface area contributed by atoms with Gasteiger partial charge in [-0.2, -0.15) is 0 Å². The van der Waals surface area contributed by atoms with Crippen molar-refractivity contribution in [1.82, 2.24) is 10.2 Å². The van der Waals surface area contributed by atoms with Crippen LogP contribution in [0.25, 0.3) is 0 Å². The van der Waals surface area contributed by atoms with Crippen LogP contribution in [0, 0.1) is 13.8 Å². The third kappa shape index (κ3) is 3.96. The zero-order chi connectivity index (χ0) is 18.7. The lowest BCUT2D eigenvalue weighted by molar-refractivity contribution is -0.133. The van der Waals surface area contributed by atoms with Crippen LogP contribution >= 0.6 is 0 Å². The Labute approximate surface area is 155 Å². The van der Waals surface area contributed by atoms with E-state index < -0.39 is 0 Å². The lowest BCUT2D eigenvalue weighted by atomic mass is 9.90. The molecule has 1 unspecified atom stereocenters. The summed E-state index contributed by atoms with van der Waals surface area (Å²) in [6, 6.07) is 14.2. The number of hydrogen-bond acceptors (Lipinski definition) is 2. The summed E-state index contributed by atoms with van der Waals surface area (Å²) < 4.78 is 0. The van der Waals surface area contributed by atoms with Gasteiger partial charge in [0.15, 0.2) is 0 Å². The highest BCUT2D eigenvalue weighted by Crippen LogP contribution is 2.32. The second-order valence-corrected chi connectivity index (χ2v) is 7.09. The molecule has 3 rings (SSSR count). The summed E-state index contributed by atoms with van der Waals surface area (Å²) in [5.74, 6) is -0.00962. The molecule has 136 valence electrons. The highest BCUT2D eigenvalue weighted by Gasteiger charge is 2.30. The molecule has 2 aromatic rings. The topological polar surface area (TPSA) is 49.4 Å². The van der Waals surface area contributed by atoms with Gasteiger partial charge in [-0.3, -0.25) is 9.59 Å². The second kappa shape index (κ2) is 7.73. The number of carbonyl (C=O) groups is 2. The lowest BCUT2D eigenvalue weighted by Gasteiger charge is -2.36. The molecule has 0 bridgehead atoms. The molecule has 2 amide bonds. The number of carbonyl (C=O) groups excluding carboxylic acids is 2. The predicted molar refractivity (Wildman–Crippen MR) is 103 cm³/mol. The molecular formula is C22H26N2O2. The second-order valence-electron chi connectivity index (χ2n) is 7.09. The number of fused-ring (bicyclic) bond motifs is 1. The molecule has 26 heavy (non-hydrogen) atoms. The number of aryl methyl sites for hydroxylation is 2. The zero-order valence-corrected chi connectivity index (χ0v) is 15.7. The van der Waals surface area contributed by atoms with E-state index in [1.165, 1.54) is 16.7 Å². The Morgan fingerprint density at radius 3 is 2.65 bits per heavy atom. The molecule has 0 aromatic heterocycles. The van der Waals surface area contributed by atoms with E-state index in [0.29, 0.717) is 19.5 Å². The molecule has 0 spiro atoms. The van der Waals surface area contributed by atoms with E-state index in [9.17, 15) is 9.59 Å². The quantitative estimate of drug-likeness (QED) is 0.918. The van der Waals surface area contributed by atoms with E-state index in [1.807, 2.05) is 23.1 Å². The largest absolute Gasteiger partial charge is 0.352 e. The van der Waals surface area contributed by atoms with Gasteiger partial charge in [0.25, 0.3) is 0 Å². The minimum atomic E-state index is -0.184. The molecule has 0 fully saturated rings. The number of nitrogens with one attached hydrogen (secondary N) is 1. The van der Waals surface area contributed by atoms with Crippen LogP contribution in [-0.4, -0.2) is 23.3 Å². The SMILES string of the molecule is CC(=O)N1CCc2ccccc2C1CC(=O)NCc1ccc(C)cc1C. The Morgan fingerprint density at radius 2 is 1.92 bits per heavy atom. The summed E-state index contributed by atoms with van der Waals surface area (Å²) in [5, 5.41) is 3.02.